The summed E-state index contributed by atoms with van der Waals surface area (Å²) in [5.41, 5.74) is 0.189. The normalized spacial score (nSPS) is 13.6. The lowest BCUT2D eigenvalue weighted by atomic mass is 10.1. The van der Waals surface area contributed by atoms with Gasteiger partial charge in [-0.3, -0.25) is 14.9 Å². The van der Waals surface area contributed by atoms with Crippen molar-refractivity contribution in [3.05, 3.63) is 39.9 Å². The first-order chi connectivity index (χ1) is 19.0. The Labute approximate surface area is 237 Å². The molecule has 1 saturated heterocycles. The Hall–Kier alpha value is -3.37. The first-order valence-corrected chi connectivity index (χ1v) is 14.4. The molecule has 0 saturated carbocycles. The number of non-ortho nitro benzene ring substituents is 1. The molecule has 11 nitrogen and oxygen atoms in total. The monoisotopic (exact) mass is 562 g/mol. The molecule has 0 aromatic heterocycles. The second kappa shape index (κ2) is 17.3. The van der Waals surface area contributed by atoms with E-state index in [0.29, 0.717) is 44.7 Å². The molecule has 40 heavy (non-hydrogen) atoms. The SMILES string of the molecule is CC(C)(C)OC(=O)N1CCN(C(=O)CCCCCCCCCCCNC(=O)OCc2ccc([N+](=O)[O-])cc2)CC1. The summed E-state index contributed by atoms with van der Waals surface area (Å²) < 4.78 is 10.5. The molecule has 1 aromatic carbocycles. The molecule has 1 aliphatic rings. The average molecular weight is 563 g/mol. The summed E-state index contributed by atoms with van der Waals surface area (Å²) in [5, 5.41) is 13.4. The fraction of sp³-hybridized carbons (Fsp3) is 0.690. The van der Waals surface area contributed by atoms with Crippen molar-refractivity contribution in [3.63, 3.8) is 0 Å². The number of nitro groups is 1. The van der Waals surface area contributed by atoms with E-state index in [1.54, 1.807) is 17.0 Å². The zero-order valence-corrected chi connectivity index (χ0v) is 24.3. The number of rotatable bonds is 15. The molecule has 1 aromatic rings. The summed E-state index contributed by atoms with van der Waals surface area (Å²) in [6, 6.07) is 5.92. The summed E-state index contributed by atoms with van der Waals surface area (Å²) >= 11 is 0. The van der Waals surface area contributed by atoms with Crippen molar-refractivity contribution in [1.82, 2.24) is 15.1 Å². The van der Waals surface area contributed by atoms with E-state index in [1.807, 2.05) is 25.7 Å². The number of piperazine rings is 1. The molecule has 0 radical (unpaired) electrons. The topological polar surface area (TPSA) is 131 Å². The Kier molecular flexibility index (Phi) is 14.2. The van der Waals surface area contributed by atoms with Gasteiger partial charge in [0.25, 0.3) is 5.69 Å². The zero-order chi connectivity index (χ0) is 29.4. The van der Waals surface area contributed by atoms with Gasteiger partial charge in [0.15, 0.2) is 0 Å². The van der Waals surface area contributed by atoms with Crippen molar-refractivity contribution < 1.29 is 28.8 Å². The number of nitro benzene ring substituents is 1. The second-order valence-corrected chi connectivity index (χ2v) is 11.2. The van der Waals surface area contributed by atoms with Crippen LogP contribution in [-0.4, -0.2) is 71.1 Å². The highest BCUT2D eigenvalue weighted by Crippen LogP contribution is 2.15. The molecular formula is C29H46N4O7. The maximum absolute atomic E-state index is 12.5. The standard InChI is InChI=1S/C29H46N4O7/c1-29(2,3)40-28(36)32-21-19-31(20-22-32)26(34)13-11-9-7-5-4-6-8-10-12-18-30-27(35)39-23-24-14-16-25(17-15-24)33(37)38/h14-17H,4-13,18-23H2,1-3H3,(H,30,35). The molecule has 0 atom stereocenters. The molecule has 1 aliphatic heterocycles. The van der Waals surface area contributed by atoms with Gasteiger partial charge in [-0.25, -0.2) is 9.59 Å². The van der Waals surface area contributed by atoms with Crippen LogP contribution in [0.3, 0.4) is 0 Å². The highest BCUT2D eigenvalue weighted by atomic mass is 16.6. The van der Waals surface area contributed by atoms with Crippen LogP contribution < -0.4 is 5.32 Å². The van der Waals surface area contributed by atoms with E-state index in [1.165, 1.54) is 18.6 Å². The Morgan fingerprint density at radius 2 is 1.38 bits per heavy atom. The molecule has 11 heteroatoms. The number of hydrogen-bond acceptors (Lipinski definition) is 7. The van der Waals surface area contributed by atoms with Gasteiger partial charge in [0, 0.05) is 51.3 Å². The molecule has 3 amide bonds. The largest absolute Gasteiger partial charge is 0.445 e. The van der Waals surface area contributed by atoms with Crippen molar-refractivity contribution in [2.45, 2.75) is 97.2 Å². The van der Waals surface area contributed by atoms with E-state index in [0.717, 1.165) is 51.4 Å². The van der Waals surface area contributed by atoms with Gasteiger partial charge in [0.05, 0.1) is 4.92 Å². The number of hydrogen-bond donors (Lipinski definition) is 1. The molecule has 1 fully saturated rings. The van der Waals surface area contributed by atoms with Crippen LogP contribution in [-0.2, 0) is 20.9 Å². The van der Waals surface area contributed by atoms with E-state index in [9.17, 15) is 24.5 Å². The zero-order valence-electron chi connectivity index (χ0n) is 24.3. The Morgan fingerprint density at radius 1 is 0.850 bits per heavy atom. The van der Waals surface area contributed by atoms with Crippen molar-refractivity contribution >= 4 is 23.8 Å². The number of benzene rings is 1. The van der Waals surface area contributed by atoms with Crippen LogP contribution in [0.1, 0.15) is 90.5 Å². The van der Waals surface area contributed by atoms with Gasteiger partial charge in [-0.2, -0.15) is 0 Å². The third-order valence-corrected chi connectivity index (χ3v) is 6.64. The predicted octanol–water partition coefficient (Wildman–Crippen LogP) is 5.80. The smallest absolute Gasteiger partial charge is 0.410 e. The number of nitrogens with zero attached hydrogens (tertiary/aromatic N) is 3. The number of amides is 3. The number of unbranched alkanes of at least 4 members (excludes halogenated alkanes) is 8. The summed E-state index contributed by atoms with van der Waals surface area (Å²) in [5.74, 6) is 0.174. The van der Waals surface area contributed by atoms with E-state index in [-0.39, 0.29) is 24.3 Å². The van der Waals surface area contributed by atoms with Crippen LogP contribution in [0.2, 0.25) is 0 Å². The fourth-order valence-corrected chi connectivity index (χ4v) is 4.37. The third kappa shape index (κ3) is 13.6. The highest BCUT2D eigenvalue weighted by molar-refractivity contribution is 5.76. The maximum atomic E-state index is 12.5. The van der Waals surface area contributed by atoms with Crippen molar-refractivity contribution in [1.29, 1.82) is 0 Å². The van der Waals surface area contributed by atoms with Crippen LogP contribution in [0.25, 0.3) is 0 Å². The molecule has 0 bridgehead atoms. The van der Waals surface area contributed by atoms with Crippen LogP contribution in [0.4, 0.5) is 15.3 Å². The van der Waals surface area contributed by atoms with Gasteiger partial charge in [0.1, 0.15) is 12.2 Å². The molecule has 1 N–H and O–H groups in total. The first kappa shape index (κ1) is 32.8. The lowest BCUT2D eigenvalue weighted by molar-refractivity contribution is -0.384. The quantitative estimate of drug-likeness (QED) is 0.162. The maximum Gasteiger partial charge on any atom is 0.410 e. The molecule has 0 spiro atoms. The summed E-state index contributed by atoms with van der Waals surface area (Å²) in [4.78, 5) is 50.1. The number of ether oxygens (including phenoxy) is 2. The Bertz CT molecular complexity index is 939. The molecule has 224 valence electrons. The predicted molar refractivity (Wildman–Crippen MR) is 152 cm³/mol. The van der Waals surface area contributed by atoms with Crippen LogP contribution in [0.5, 0.6) is 0 Å². The Morgan fingerprint density at radius 3 is 1.93 bits per heavy atom. The lowest BCUT2D eigenvalue weighted by Gasteiger charge is -2.35. The van der Waals surface area contributed by atoms with Crippen molar-refractivity contribution in [2.75, 3.05) is 32.7 Å². The first-order valence-electron chi connectivity index (χ1n) is 14.4. The number of carbonyl (C=O) groups is 3. The van der Waals surface area contributed by atoms with Crippen molar-refractivity contribution in [3.8, 4) is 0 Å². The van der Waals surface area contributed by atoms with Gasteiger partial charge in [0.2, 0.25) is 5.91 Å². The minimum absolute atomic E-state index is 0.00442. The highest BCUT2D eigenvalue weighted by Gasteiger charge is 2.27. The van der Waals surface area contributed by atoms with E-state index in [2.05, 4.69) is 5.32 Å². The summed E-state index contributed by atoms with van der Waals surface area (Å²) in [7, 11) is 0. The molecular weight excluding hydrogens is 516 g/mol. The van der Waals surface area contributed by atoms with Crippen molar-refractivity contribution in [2.24, 2.45) is 0 Å². The molecule has 2 rings (SSSR count). The van der Waals surface area contributed by atoms with E-state index >= 15 is 0 Å². The number of alkyl carbamates (subject to hydrolysis) is 1. The van der Waals surface area contributed by atoms with Crippen LogP contribution in [0, 0.1) is 10.1 Å². The minimum Gasteiger partial charge on any atom is -0.445 e. The Balaban J connectivity index is 1.38. The van der Waals surface area contributed by atoms with Gasteiger partial charge < -0.3 is 24.6 Å². The van der Waals surface area contributed by atoms with Crippen LogP contribution >= 0.6 is 0 Å². The summed E-state index contributed by atoms with van der Waals surface area (Å²) in [6.07, 6.45) is 9.39. The molecule has 0 unspecified atom stereocenters. The van der Waals surface area contributed by atoms with E-state index < -0.39 is 16.6 Å². The minimum atomic E-state index is -0.512. The van der Waals surface area contributed by atoms with Gasteiger partial charge in [-0.1, -0.05) is 44.9 Å². The summed E-state index contributed by atoms with van der Waals surface area (Å²) in [6.45, 7) is 8.35. The third-order valence-electron chi connectivity index (χ3n) is 6.64. The number of carbonyl (C=O) groups excluding carboxylic acids is 3. The van der Waals surface area contributed by atoms with Gasteiger partial charge in [-0.15, -0.1) is 0 Å². The van der Waals surface area contributed by atoms with E-state index in [4.69, 9.17) is 9.47 Å². The average Bonchev–Trinajstić information content (AvgIpc) is 2.91. The molecule has 0 aliphatic carbocycles. The lowest BCUT2D eigenvalue weighted by Crippen LogP contribution is -2.51. The van der Waals surface area contributed by atoms with Gasteiger partial charge >= 0.3 is 12.2 Å². The fourth-order valence-electron chi connectivity index (χ4n) is 4.37. The molecule has 1 heterocycles. The second-order valence-electron chi connectivity index (χ2n) is 11.2. The number of nitrogens with one attached hydrogen (secondary N) is 1. The van der Waals surface area contributed by atoms with Crippen LogP contribution in [0.15, 0.2) is 24.3 Å². The van der Waals surface area contributed by atoms with Gasteiger partial charge in [-0.05, 0) is 51.3 Å².